The van der Waals surface area contributed by atoms with E-state index in [2.05, 4.69) is 25.1 Å². The molecule has 228 valence electrons. The first-order valence-corrected chi connectivity index (χ1v) is 14.4. The van der Waals surface area contributed by atoms with Gasteiger partial charge in [0.25, 0.3) is 0 Å². The van der Waals surface area contributed by atoms with Gasteiger partial charge >= 0.3 is 12.4 Å². The number of hydrogen-bond acceptors (Lipinski definition) is 7. The van der Waals surface area contributed by atoms with Crippen molar-refractivity contribution in [3.05, 3.63) is 77.6 Å². The minimum atomic E-state index is -4.79. The SMILES string of the molecule is COc1ccc(C(C)C)c(N2C(=O)CSC2=NC(=O)Nc2ccc(-c3ncn(-c4ccc(OC(F)(F)F)cc4)n3)cc2Cl)c1. The molecule has 10 nitrogen and oxygen atoms in total. The molecule has 0 spiro atoms. The van der Waals surface area contributed by atoms with Gasteiger partial charge in [-0.3, -0.25) is 9.69 Å². The highest BCUT2D eigenvalue weighted by atomic mass is 35.5. The molecule has 1 aliphatic heterocycles. The van der Waals surface area contributed by atoms with Gasteiger partial charge < -0.3 is 14.8 Å². The molecule has 0 atom stereocenters. The number of methoxy groups -OCH3 is 1. The molecule has 3 aromatic carbocycles. The van der Waals surface area contributed by atoms with Crippen LogP contribution in [0.1, 0.15) is 25.3 Å². The Bertz CT molecular complexity index is 1740. The fraction of sp³-hybridized carbons (Fsp3) is 0.207. The average Bonchev–Trinajstić information content (AvgIpc) is 3.60. The molecule has 1 fully saturated rings. The number of hydrogen-bond donors (Lipinski definition) is 1. The molecule has 1 saturated heterocycles. The molecule has 3 amide bonds. The van der Waals surface area contributed by atoms with Crippen molar-refractivity contribution in [1.29, 1.82) is 0 Å². The molecule has 1 aliphatic rings. The molecular weight excluding hydrogens is 621 g/mol. The van der Waals surface area contributed by atoms with Crippen LogP contribution in [0.15, 0.2) is 72.0 Å². The Morgan fingerprint density at radius 2 is 1.82 bits per heavy atom. The fourth-order valence-electron chi connectivity index (χ4n) is 4.32. The summed E-state index contributed by atoms with van der Waals surface area (Å²) in [4.78, 5) is 35.6. The lowest BCUT2D eigenvalue weighted by Crippen LogP contribution is -2.31. The Labute approximate surface area is 258 Å². The van der Waals surface area contributed by atoms with Gasteiger partial charge in [-0.1, -0.05) is 43.3 Å². The van der Waals surface area contributed by atoms with Crippen molar-refractivity contribution in [2.24, 2.45) is 4.99 Å². The summed E-state index contributed by atoms with van der Waals surface area (Å²) in [5.74, 6) is 0.510. The number of carbonyl (C=O) groups excluding carboxylic acids is 2. The van der Waals surface area contributed by atoms with Crippen LogP contribution in [0.2, 0.25) is 5.02 Å². The van der Waals surface area contributed by atoms with E-state index in [1.165, 1.54) is 47.3 Å². The molecule has 44 heavy (non-hydrogen) atoms. The molecule has 1 N–H and O–H groups in total. The monoisotopic (exact) mass is 644 g/mol. The zero-order valence-electron chi connectivity index (χ0n) is 23.4. The highest BCUT2D eigenvalue weighted by Gasteiger charge is 2.33. The lowest BCUT2D eigenvalue weighted by atomic mass is 10.00. The fourth-order valence-corrected chi connectivity index (χ4v) is 5.41. The average molecular weight is 645 g/mol. The van der Waals surface area contributed by atoms with Crippen LogP contribution in [0.25, 0.3) is 17.1 Å². The second-order valence-electron chi connectivity index (χ2n) is 9.67. The number of amidine groups is 1. The van der Waals surface area contributed by atoms with E-state index in [0.717, 1.165) is 17.3 Å². The Morgan fingerprint density at radius 1 is 1.09 bits per heavy atom. The number of nitrogens with one attached hydrogen (secondary N) is 1. The number of thioether (sulfide) groups is 1. The lowest BCUT2D eigenvalue weighted by molar-refractivity contribution is -0.274. The molecule has 0 radical (unpaired) electrons. The van der Waals surface area contributed by atoms with Gasteiger partial charge in [-0.2, -0.15) is 4.99 Å². The highest BCUT2D eigenvalue weighted by molar-refractivity contribution is 8.15. The molecule has 5 rings (SSSR count). The van der Waals surface area contributed by atoms with Gasteiger partial charge in [0.15, 0.2) is 11.0 Å². The number of benzene rings is 3. The number of aliphatic imine (C=N–C) groups is 1. The molecule has 4 aromatic rings. The third-order valence-corrected chi connectivity index (χ3v) is 7.59. The van der Waals surface area contributed by atoms with Crippen LogP contribution in [0.3, 0.4) is 0 Å². The predicted octanol–water partition coefficient (Wildman–Crippen LogP) is 7.29. The summed E-state index contributed by atoms with van der Waals surface area (Å²) < 4.78 is 47.9. The Hall–Kier alpha value is -4.56. The van der Waals surface area contributed by atoms with Crippen LogP contribution < -0.4 is 19.7 Å². The van der Waals surface area contributed by atoms with E-state index in [-0.39, 0.29) is 45.0 Å². The summed E-state index contributed by atoms with van der Waals surface area (Å²) in [6, 6.07) is 14.6. The van der Waals surface area contributed by atoms with Crippen LogP contribution in [0, 0.1) is 0 Å². The smallest absolute Gasteiger partial charge is 0.497 e. The van der Waals surface area contributed by atoms with Crippen molar-refractivity contribution < 1.29 is 32.2 Å². The third kappa shape index (κ3) is 6.97. The molecule has 0 bridgehead atoms. The Morgan fingerprint density at radius 3 is 2.48 bits per heavy atom. The molecule has 2 heterocycles. The van der Waals surface area contributed by atoms with Crippen LogP contribution >= 0.6 is 23.4 Å². The Kier molecular flexibility index (Phi) is 8.83. The number of alkyl halides is 3. The number of rotatable bonds is 7. The zero-order valence-corrected chi connectivity index (χ0v) is 25.0. The van der Waals surface area contributed by atoms with Gasteiger partial charge in [-0.25, -0.2) is 14.5 Å². The number of aromatic nitrogens is 3. The van der Waals surface area contributed by atoms with Crippen LogP contribution in [-0.4, -0.2) is 51.1 Å². The molecular formula is C29H24ClF3N6O4S. The van der Waals surface area contributed by atoms with E-state index < -0.39 is 12.4 Å². The summed E-state index contributed by atoms with van der Waals surface area (Å²) in [6.45, 7) is 4.00. The van der Waals surface area contributed by atoms with Crippen LogP contribution in [0.4, 0.5) is 29.3 Å². The maximum absolute atomic E-state index is 12.9. The van der Waals surface area contributed by atoms with Gasteiger partial charge in [0, 0.05) is 11.6 Å². The summed E-state index contributed by atoms with van der Waals surface area (Å²) in [5, 5.41) is 7.41. The first-order valence-electron chi connectivity index (χ1n) is 13.0. The molecule has 0 unspecified atom stereocenters. The summed E-state index contributed by atoms with van der Waals surface area (Å²) in [7, 11) is 1.53. The number of halogens is 4. The van der Waals surface area contributed by atoms with Gasteiger partial charge in [-0.15, -0.1) is 18.3 Å². The molecule has 15 heteroatoms. The second kappa shape index (κ2) is 12.6. The maximum Gasteiger partial charge on any atom is 0.573 e. The van der Waals surface area contributed by atoms with Crippen molar-refractivity contribution in [1.82, 2.24) is 14.8 Å². The van der Waals surface area contributed by atoms with E-state index in [4.69, 9.17) is 16.3 Å². The van der Waals surface area contributed by atoms with Gasteiger partial charge in [0.1, 0.15) is 17.8 Å². The Balaban J connectivity index is 1.31. The highest BCUT2D eigenvalue weighted by Crippen LogP contribution is 2.36. The van der Waals surface area contributed by atoms with E-state index in [9.17, 15) is 22.8 Å². The van der Waals surface area contributed by atoms with Gasteiger partial charge in [0.05, 0.1) is 34.9 Å². The number of urea groups is 1. The number of ether oxygens (including phenoxy) is 2. The first-order chi connectivity index (χ1) is 20.9. The quantitative estimate of drug-likeness (QED) is 0.225. The van der Waals surface area contributed by atoms with Crippen LogP contribution in [0.5, 0.6) is 11.5 Å². The second-order valence-corrected chi connectivity index (χ2v) is 11.0. The van der Waals surface area contributed by atoms with Gasteiger partial charge in [0.2, 0.25) is 5.91 Å². The number of nitrogens with zero attached hydrogens (tertiary/aromatic N) is 5. The van der Waals surface area contributed by atoms with E-state index >= 15 is 0 Å². The van der Waals surface area contributed by atoms with Crippen molar-refractivity contribution >= 4 is 51.8 Å². The number of anilines is 2. The normalized spacial score (nSPS) is 14.4. The minimum absolute atomic E-state index is 0.0982. The third-order valence-electron chi connectivity index (χ3n) is 6.36. The zero-order chi connectivity index (χ0) is 31.6. The summed E-state index contributed by atoms with van der Waals surface area (Å²) in [6.07, 6.45) is -3.39. The van der Waals surface area contributed by atoms with Gasteiger partial charge in [-0.05, 0) is 60.0 Å². The van der Waals surface area contributed by atoms with Crippen molar-refractivity contribution in [2.75, 3.05) is 23.1 Å². The predicted molar refractivity (Wildman–Crippen MR) is 162 cm³/mol. The van der Waals surface area contributed by atoms with Crippen LogP contribution in [-0.2, 0) is 4.79 Å². The van der Waals surface area contributed by atoms with E-state index in [1.807, 2.05) is 26.0 Å². The maximum atomic E-state index is 12.9. The van der Waals surface area contributed by atoms with E-state index in [0.29, 0.717) is 22.7 Å². The summed E-state index contributed by atoms with van der Waals surface area (Å²) in [5.41, 5.74) is 2.75. The molecule has 1 aromatic heterocycles. The summed E-state index contributed by atoms with van der Waals surface area (Å²) >= 11 is 7.61. The topological polar surface area (TPSA) is 111 Å². The number of carbonyl (C=O) groups is 2. The standard InChI is InChI=1S/C29H24ClF3N6O4S/c1-16(2)21-10-9-20(42-3)13-24(21)39-25(40)14-44-28(39)36-27(41)35-23-11-4-17(12-22(23)30)26-34-15-38(37-26)18-5-7-19(8-6-18)43-29(31,32)33/h4-13,15-16H,14H2,1-3H3,(H,35,41). The van der Waals surface area contributed by atoms with Crippen molar-refractivity contribution in [2.45, 2.75) is 26.1 Å². The molecule has 0 aliphatic carbocycles. The van der Waals surface area contributed by atoms with Crippen molar-refractivity contribution in [3.8, 4) is 28.6 Å². The van der Waals surface area contributed by atoms with E-state index in [1.54, 1.807) is 24.3 Å². The largest absolute Gasteiger partial charge is 0.573 e. The molecule has 0 saturated carbocycles. The van der Waals surface area contributed by atoms with Crippen molar-refractivity contribution in [3.63, 3.8) is 0 Å². The number of amides is 3. The first kappa shape index (κ1) is 30.9. The minimum Gasteiger partial charge on any atom is -0.497 e. The lowest BCUT2D eigenvalue weighted by Gasteiger charge is -2.22.